The van der Waals surface area contributed by atoms with E-state index in [1.807, 2.05) is 97.1 Å². The van der Waals surface area contributed by atoms with Gasteiger partial charge in [-0.15, -0.1) is 46.4 Å². The van der Waals surface area contributed by atoms with Crippen LogP contribution in [0.25, 0.3) is 0 Å². The van der Waals surface area contributed by atoms with Crippen LogP contribution < -0.4 is 18.9 Å². The van der Waals surface area contributed by atoms with Crippen LogP contribution in [0.1, 0.15) is 150 Å². The molecule has 0 spiro atoms. The fourth-order valence-electron chi connectivity index (χ4n) is 9.31. The predicted molar refractivity (Wildman–Crippen MR) is 372 cm³/mol. The van der Waals surface area contributed by atoms with Gasteiger partial charge in [-0.05, 0) is 117 Å². The molecular formula is C74H72Cl4N4O4S4. The summed E-state index contributed by atoms with van der Waals surface area (Å²) in [5, 5.41) is 41.8. The number of nitrogens with zero attached hydrogens (tertiary/aromatic N) is 4. The fraction of sp³-hybridized carbons (Fsp3) is 0.297. The van der Waals surface area contributed by atoms with E-state index in [1.165, 1.54) is 0 Å². The first-order valence-corrected chi connectivity index (χ1v) is 34.3. The zero-order valence-corrected chi connectivity index (χ0v) is 59.0. The molecule has 1 aliphatic rings. The van der Waals surface area contributed by atoms with Gasteiger partial charge < -0.3 is 18.9 Å². The average molecular weight is 1350 g/mol. The molecule has 8 aromatic rings. The van der Waals surface area contributed by atoms with Crippen molar-refractivity contribution in [1.82, 2.24) is 0 Å². The number of ether oxygens (including phenoxy) is 4. The Labute approximate surface area is 569 Å². The number of hydrogen-bond donors (Lipinski definition) is 0. The van der Waals surface area contributed by atoms with Crippen molar-refractivity contribution in [2.24, 2.45) is 0 Å². The zero-order valence-electron chi connectivity index (χ0n) is 52.7. The molecule has 0 saturated heterocycles. The molecule has 8 nitrogen and oxygen atoms in total. The van der Waals surface area contributed by atoms with E-state index in [9.17, 15) is 21.0 Å². The second-order valence-corrected chi connectivity index (χ2v) is 31.0. The van der Waals surface area contributed by atoms with E-state index >= 15 is 0 Å². The van der Waals surface area contributed by atoms with Crippen LogP contribution in [0, 0.1) is 45.3 Å². The van der Waals surface area contributed by atoms with Crippen molar-refractivity contribution in [3.63, 3.8) is 0 Å². The largest absolute Gasteiger partial charge is 0.486 e. The van der Waals surface area contributed by atoms with Crippen LogP contribution in [0.4, 0.5) is 0 Å². The minimum absolute atomic E-state index is 0.112. The Balaban J connectivity index is 0.00000185. The van der Waals surface area contributed by atoms with Crippen molar-refractivity contribution in [2.75, 3.05) is 10.7 Å². The highest BCUT2D eigenvalue weighted by molar-refractivity contribution is 8.01. The fourth-order valence-corrected chi connectivity index (χ4v) is 14.1. The molecule has 0 N–H and O–H groups in total. The van der Waals surface area contributed by atoms with Crippen molar-refractivity contribution in [3.8, 4) is 47.3 Å². The molecule has 8 bridgehead atoms. The SMILES string of the molecule is CC(C)(C)c1cc2c(OCc3ccccc3C#N)c(c1)Sc1cc(C(C)(C)C)cc(c1OCc1ccccc1C#N)Sc1cc(C(C)(C)C)cc(c1OCc1ccccc1C#N)Sc1cc(C(C)(C)C)cc(c1OCc1ccccc1C#N)S2.ClCCl.ClCCl. The van der Waals surface area contributed by atoms with Gasteiger partial charge in [-0.1, -0.05) is 203 Å². The monoisotopic (exact) mass is 1350 g/mol. The second kappa shape index (κ2) is 31.7. The summed E-state index contributed by atoms with van der Waals surface area (Å²) in [5.41, 5.74) is 8.05. The van der Waals surface area contributed by atoms with Crippen molar-refractivity contribution < 1.29 is 18.9 Å². The second-order valence-electron chi connectivity index (χ2n) is 25.0. The summed E-state index contributed by atoms with van der Waals surface area (Å²) in [5.74, 6) is 2.49. The van der Waals surface area contributed by atoms with Crippen molar-refractivity contribution in [2.45, 2.75) is 170 Å². The van der Waals surface area contributed by atoms with E-state index in [4.69, 9.17) is 65.4 Å². The number of hydrogen-bond acceptors (Lipinski definition) is 12. The van der Waals surface area contributed by atoms with E-state index in [0.29, 0.717) is 45.3 Å². The van der Waals surface area contributed by atoms with Crippen LogP contribution in [0.3, 0.4) is 0 Å². The van der Waals surface area contributed by atoms with E-state index in [0.717, 1.165) is 83.7 Å². The van der Waals surface area contributed by atoms with Gasteiger partial charge in [-0.3, -0.25) is 0 Å². The van der Waals surface area contributed by atoms with Gasteiger partial charge in [0.2, 0.25) is 0 Å². The van der Waals surface area contributed by atoms with Crippen LogP contribution >= 0.6 is 93.5 Å². The van der Waals surface area contributed by atoms with Gasteiger partial charge >= 0.3 is 0 Å². The van der Waals surface area contributed by atoms with Crippen LogP contribution in [-0.2, 0) is 48.1 Å². The molecule has 1 aliphatic heterocycles. The standard InChI is InChI=1S/C72H68N4O4S4.2CH2Cl2/c1-69(2,3)53-29-57-65(77-41-49-25-17-13-21-45(49)37-73)58(30-53)82-60-32-55(71(7,8)9)34-62(67(60)79-43-51-27-19-15-23-47(51)39-75)84-64-36-56(72(10,11)12)35-63(68(64)80-44-52-28-20-16-24-48(52)40-76)83-61-33-54(70(4,5)6)31-59(81-57)66(61)78-42-50-26-18-14-22-46(50)38-74;2*2-1-3/h13-36H,41-44H2,1-12H3;2*1H2. The number of nitriles is 4. The lowest BCUT2D eigenvalue weighted by atomic mass is 9.87. The minimum Gasteiger partial charge on any atom is -0.486 e. The average Bonchev–Trinajstić information content (AvgIpc) is 0.803. The predicted octanol–water partition coefficient (Wildman–Crippen LogP) is 22.4. The Morgan fingerprint density at radius 2 is 0.456 bits per heavy atom. The Morgan fingerprint density at radius 3 is 0.600 bits per heavy atom. The molecule has 8 aromatic carbocycles. The van der Waals surface area contributed by atoms with Crippen LogP contribution in [0.2, 0.25) is 0 Å². The van der Waals surface area contributed by atoms with Crippen LogP contribution in [-0.4, -0.2) is 10.7 Å². The molecule has 0 atom stereocenters. The quantitative estimate of drug-likeness (QED) is 0.108. The summed E-state index contributed by atoms with van der Waals surface area (Å²) in [7, 11) is 0. The molecule has 0 aromatic heterocycles. The molecule has 16 heteroatoms. The highest BCUT2D eigenvalue weighted by Gasteiger charge is 2.31. The lowest BCUT2D eigenvalue weighted by molar-refractivity contribution is 0.287. The topological polar surface area (TPSA) is 132 Å². The van der Waals surface area contributed by atoms with E-state index in [-0.39, 0.29) is 58.8 Å². The maximum absolute atomic E-state index is 10.4. The molecule has 0 aliphatic carbocycles. The Kier molecular flexibility index (Phi) is 25.0. The normalized spacial score (nSPS) is 12.0. The minimum atomic E-state index is -0.335. The molecule has 464 valence electrons. The number of benzene rings is 8. The maximum atomic E-state index is 10.4. The molecule has 0 unspecified atom stereocenters. The number of fused-ring (bicyclic) bond motifs is 8. The molecule has 9 rings (SSSR count). The number of rotatable bonds is 12. The first kappa shape index (κ1) is 70.9. The van der Waals surface area contributed by atoms with Gasteiger partial charge in [-0.2, -0.15) is 21.0 Å². The van der Waals surface area contributed by atoms with Crippen LogP contribution in [0.15, 0.2) is 185 Å². The Hall–Kier alpha value is -6.52. The summed E-state index contributed by atoms with van der Waals surface area (Å²) in [4.78, 5) is 6.67. The third-order valence-corrected chi connectivity index (χ3v) is 18.7. The van der Waals surface area contributed by atoms with Gasteiger partial charge in [0.05, 0.1) is 96.4 Å². The number of halogens is 4. The van der Waals surface area contributed by atoms with Gasteiger partial charge in [0.1, 0.15) is 49.4 Å². The first-order chi connectivity index (χ1) is 42.8. The van der Waals surface area contributed by atoms with Crippen molar-refractivity contribution in [1.29, 1.82) is 21.0 Å². The summed E-state index contributed by atoms with van der Waals surface area (Å²) in [6, 6.07) is 57.5. The van der Waals surface area contributed by atoms with Crippen LogP contribution in [0.5, 0.6) is 23.0 Å². The van der Waals surface area contributed by atoms with E-state index in [1.54, 1.807) is 47.0 Å². The van der Waals surface area contributed by atoms with Gasteiger partial charge in [0.15, 0.2) is 0 Å². The lowest BCUT2D eigenvalue weighted by Crippen LogP contribution is -2.14. The zero-order chi connectivity index (χ0) is 65.6. The molecule has 0 saturated carbocycles. The van der Waals surface area contributed by atoms with Gasteiger partial charge in [-0.25, -0.2) is 0 Å². The summed E-state index contributed by atoms with van der Waals surface area (Å²) in [6.07, 6.45) is 0. The molecule has 90 heavy (non-hydrogen) atoms. The molecule has 0 fully saturated rings. The first-order valence-electron chi connectivity index (χ1n) is 28.9. The van der Waals surface area contributed by atoms with Crippen molar-refractivity contribution in [3.05, 3.63) is 212 Å². The highest BCUT2D eigenvalue weighted by atomic mass is 35.5. The van der Waals surface area contributed by atoms with Crippen molar-refractivity contribution >= 4 is 93.5 Å². The summed E-state index contributed by atoms with van der Waals surface area (Å²) >= 11 is 25.3. The maximum Gasteiger partial charge on any atom is 0.147 e. The Morgan fingerprint density at radius 1 is 0.300 bits per heavy atom. The smallest absolute Gasteiger partial charge is 0.147 e. The molecular weight excluding hydrogens is 1280 g/mol. The molecule has 0 radical (unpaired) electrons. The third-order valence-electron chi connectivity index (χ3n) is 14.5. The highest BCUT2D eigenvalue weighted by Crippen LogP contribution is 2.57. The third kappa shape index (κ3) is 18.4. The van der Waals surface area contributed by atoms with Gasteiger partial charge in [0, 0.05) is 22.3 Å². The number of alkyl halides is 4. The summed E-state index contributed by atoms with van der Waals surface area (Å²) in [6.45, 7) is 27.0. The summed E-state index contributed by atoms with van der Waals surface area (Å²) < 4.78 is 28.9. The van der Waals surface area contributed by atoms with E-state index < -0.39 is 0 Å². The lowest BCUT2D eigenvalue weighted by Gasteiger charge is -2.28. The molecule has 0 amide bonds. The molecule has 1 heterocycles. The van der Waals surface area contributed by atoms with E-state index in [2.05, 4.69) is 156 Å². The Bertz CT molecular complexity index is 3430. The van der Waals surface area contributed by atoms with Gasteiger partial charge in [0.25, 0.3) is 0 Å².